The summed E-state index contributed by atoms with van der Waals surface area (Å²) in [6.07, 6.45) is 1.17. The van der Waals surface area contributed by atoms with Gasteiger partial charge in [0.2, 0.25) is 5.91 Å². The minimum atomic E-state index is 0. The molecule has 1 aliphatic rings. The van der Waals surface area contributed by atoms with Crippen molar-refractivity contribution in [1.29, 1.82) is 0 Å². The third-order valence-corrected chi connectivity index (χ3v) is 3.57. The van der Waals surface area contributed by atoms with Crippen molar-refractivity contribution in [2.24, 2.45) is 0 Å². The van der Waals surface area contributed by atoms with Gasteiger partial charge in [-0.3, -0.25) is 4.79 Å². The minimum absolute atomic E-state index is 0. The van der Waals surface area contributed by atoms with E-state index in [9.17, 15) is 4.79 Å². The lowest BCUT2D eigenvalue weighted by molar-refractivity contribution is -0.131. The van der Waals surface area contributed by atoms with Gasteiger partial charge in [0.15, 0.2) is 0 Å². The molecule has 0 aromatic heterocycles. The molecule has 0 aliphatic carbocycles. The highest BCUT2D eigenvalue weighted by Crippen LogP contribution is 2.25. The molecule has 0 spiro atoms. The van der Waals surface area contributed by atoms with Crippen LogP contribution in [0.25, 0.3) is 0 Å². The van der Waals surface area contributed by atoms with E-state index in [0.717, 1.165) is 43.2 Å². The summed E-state index contributed by atoms with van der Waals surface area (Å²) in [5, 5.41) is 3.25. The molecule has 1 heterocycles. The smallest absolute Gasteiger partial charge is 0.222 e. The Kier molecular flexibility index (Phi) is 7.32. The zero-order valence-electron chi connectivity index (χ0n) is 12.6. The molecule has 0 atom stereocenters. The van der Waals surface area contributed by atoms with Crippen LogP contribution in [0.15, 0.2) is 18.2 Å². The van der Waals surface area contributed by atoms with E-state index in [1.165, 1.54) is 0 Å². The molecule has 1 aromatic carbocycles. The molecule has 1 fully saturated rings. The molecule has 1 amide bonds. The molecule has 2 rings (SSSR count). The average molecular weight is 315 g/mol. The van der Waals surface area contributed by atoms with Crippen LogP contribution in [0, 0.1) is 0 Å². The normalized spacial score (nSPS) is 14.3. The molecular formula is C15H23ClN2O3. The summed E-state index contributed by atoms with van der Waals surface area (Å²) in [6, 6.07) is 5.67. The van der Waals surface area contributed by atoms with Gasteiger partial charge >= 0.3 is 0 Å². The van der Waals surface area contributed by atoms with Crippen LogP contribution in [0.3, 0.4) is 0 Å². The van der Waals surface area contributed by atoms with Crippen LogP contribution in [0.2, 0.25) is 0 Å². The Morgan fingerprint density at radius 2 is 1.95 bits per heavy atom. The van der Waals surface area contributed by atoms with Gasteiger partial charge in [-0.1, -0.05) is 0 Å². The van der Waals surface area contributed by atoms with E-state index in [0.29, 0.717) is 12.8 Å². The van der Waals surface area contributed by atoms with E-state index in [4.69, 9.17) is 9.47 Å². The minimum Gasteiger partial charge on any atom is -0.497 e. The molecule has 0 saturated carbocycles. The summed E-state index contributed by atoms with van der Waals surface area (Å²) in [5.41, 5.74) is 1.01. The van der Waals surface area contributed by atoms with E-state index in [1.807, 2.05) is 23.1 Å². The van der Waals surface area contributed by atoms with Gasteiger partial charge in [-0.15, -0.1) is 12.4 Å². The van der Waals surface area contributed by atoms with E-state index in [1.54, 1.807) is 14.2 Å². The first-order valence-electron chi connectivity index (χ1n) is 6.94. The largest absolute Gasteiger partial charge is 0.497 e. The molecule has 0 unspecified atom stereocenters. The van der Waals surface area contributed by atoms with Gasteiger partial charge in [0.05, 0.1) is 14.2 Å². The second-order valence-corrected chi connectivity index (χ2v) is 4.81. The van der Waals surface area contributed by atoms with Crippen molar-refractivity contribution in [2.45, 2.75) is 12.8 Å². The van der Waals surface area contributed by atoms with Crippen molar-refractivity contribution in [2.75, 3.05) is 40.4 Å². The van der Waals surface area contributed by atoms with Crippen molar-refractivity contribution in [3.63, 3.8) is 0 Å². The van der Waals surface area contributed by atoms with Crippen LogP contribution in [0.4, 0.5) is 0 Å². The molecule has 118 valence electrons. The number of nitrogens with one attached hydrogen (secondary N) is 1. The van der Waals surface area contributed by atoms with E-state index >= 15 is 0 Å². The van der Waals surface area contributed by atoms with Gasteiger partial charge in [0.1, 0.15) is 11.5 Å². The maximum atomic E-state index is 12.2. The number of halogens is 1. The monoisotopic (exact) mass is 314 g/mol. The predicted octanol–water partition coefficient (Wildman–Crippen LogP) is 1.49. The third-order valence-electron chi connectivity index (χ3n) is 3.57. The maximum absolute atomic E-state index is 12.2. The number of carbonyl (C=O) groups is 1. The molecule has 1 N–H and O–H groups in total. The highest BCUT2D eigenvalue weighted by molar-refractivity contribution is 5.85. The first-order valence-corrected chi connectivity index (χ1v) is 6.94. The SMILES string of the molecule is COc1ccc(OC)c(CCC(=O)N2CCNCC2)c1.Cl. The summed E-state index contributed by atoms with van der Waals surface area (Å²) in [5.74, 6) is 1.80. The average Bonchev–Trinajstić information content (AvgIpc) is 2.53. The number of aryl methyl sites for hydroxylation is 1. The van der Waals surface area contributed by atoms with Crippen LogP contribution in [0.5, 0.6) is 11.5 Å². The van der Waals surface area contributed by atoms with Gasteiger partial charge in [0, 0.05) is 32.6 Å². The third kappa shape index (κ3) is 4.79. The molecule has 1 saturated heterocycles. The number of amides is 1. The Morgan fingerprint density at radius 1 is 1.24 bits per heavy atom. The standard InChI is InChI=1S/C15H22N2O3.ClH/c1-19-13-4-5-14(20-2)12(11-13)3-6-15(18)17-9-7-16-8-10-17;/h4-5,11,16H,3,6-10H2,1-2H3;1H. The van der Waals surface area contributed by atoms with E-state index < -0.39 is 0 Å². The van der Waals surface area contributed by atoms with Crippen molar-refractivity contribution >= 4 is 18.3 Å². The fourth-order valence-electron chi connectivity index (χ4n) is 2.39. The maximum Gasteiger partial charge on any atom is 0.222 e. The van der Waals surface area contributed by atoms with E-state index in [2.05, 4.69) is 5.32 Å². The Bertz CT molecular complexity index is 462. The molecule has 0 radical (unpaired) electrons. The molecule has 0 bridgehead atoms. The Labute approximate surface area is 132 Å². The highest BCUT2D eigenvalue weighted by atomic mass is 35.5. The summed E-state index contributed by atoms with van der Waals surface area (Å²) in [4.78, 5) is 14.1. The Morgan fingerprint density at radius 3 is 2.57 bits per heavy atom. The van der Waals surface area contributed by atoms with Crippen LogP contribution < -0.4 is 14.8 Å². The number of carbonyl (C=O) groups excluding carboxylic acids is 1. The Hall–Kier alpha value is -1.46. The molecule has 5 nitrogen and oxygen atoms in total. The van der Waals surface area contributed by atoms with Gasteiger partial charge < -0.3 is 19.7 Å². The molecule has 1 aromatic rings. The number of rotatable bonds is 5. The molecule has 21 heavy (non-hydrogen) atoms. The fraction of sp³-hybridized carbons (Fsp3) is 0.533. The van der Waals surface area contributed by atoms with Crippen molar-refractivity contribution in [3.05, 3.63) is 23.8 Å². The molecular weight excluding hydrogens is 292 g/mol. The number of nitrogens with zero attached hydrogens (tertiary/aromatic N) is 1. The van der Waals surface area contributed by atoms with Crippen molar-refractivity contribution in [3.8, 4) is 11.5 Å². The first kappa shape index (κ1) is 17.6. The van der Waals surface area contributed by atoms with Gasteiger partial charge in [-0.05, 0) is 30.2 Å². The van der Waals surface area contributed by atoms with Crippen molar-refractivity contribution < 1.29 is 14.3 Å². The molecule has 6 heteroatoms. The number of piperazine rings is 1. The number of ether oxygens (including phenoxy) is 2. The highest BCUT2D eigenvalue weighted by Gasteiger charge is 2.16. The van der Waals surface area contributed by atoms with Crippen LogP contribution in [-0.2, 0) is 11.2 Å². The number of hydrogen-bond donors (Lipinski definition) is 1. The van der Waals surface area contributed by atoms with Gasteiger partial charge in [-0.2, -0.15) is 0 Å². The van der Waals surface area contributed by atoms with Crippen LogP contribution in [0.1, 0.15) is 12.0 Å². The zero-order valence-corrected chi connectivity index (χ0v) is 13.4. The summed E-state index contributed by atoms with van der Waals surface area (Å²) >= 11 is 0. The lowest BCUT2D eigenvalue weighted by Crippen LogP contribution is -2.46. The van der Waals surface area contributed by atoms with E-state index in [-0.39, 0.29) is 18.3 Å². The Balaban J connectivity index is 0.00000220. The summed E-state index contributed by atoms with van der Waals surface area (Å²) < 4.78 is 10.6. The number of hydrogen-bond acceptors (Lipinski definition) is 4. The second kappa shape index (κ2) is 8.74. The van der Waals surface area contributed by atoms with Crippen LogP contribution >= 0.6 is 12.4 Å². The zero-order chi connectivity index (χ0) is 14.4. The van der Waals surface area contributed by atoms with Crippen LogP contribution in [-0.4, -0.2) is 51.2 Å². The molecule has 1 aliphatic heterocycles. The lowest BCUT2D eigenvalue weighted by atomic mass is 10.1. The predicted molar refractivity (Wildman–Crippen MR) is 84.6 cm³/mol. The fourth-order valence-corrected chi connectivity index (χ4v) is 2.39. The quantitative estimate of drug-likeness (QED) is 0.894. The number of benzene rings is 1. The summed E-state index contributed by atoms with van der Waals surface area (Å²) in [7, 11) is 3.28. The topological polar surface area (TPSA) is 50.8 Å². The summed E-state index contributed by atoms with van der Waals surface area (Å²) in [6.45, 7) is 3.37. The van der Waals surface area contributed by atoms with Crippen molar-refractivity contribution in [1.82, 2.24) is 10.2 Å². The lowest BCUT2D eigenvalue weighted by Gasteiger charge is -2.27. The number of methoxy groups -OCH3 is 2. The second-order valence-electron chi connectivity index (χ2n) is 4.81. The first-order chi connectivity index (χ1) is 9.74. The van der Waals surface area contributed by atoms with Gasteiger partial charge in [0.25, 0.3) is 0 Å². The van der Waals surface area contributed by atoms with Gasteiger partial charge in [-0.25, -0.2) is 0 Å².